The van der Waals surface area contributed by atoms with Gasteiger partial charge in [0.05, 0.1) is 10.9 Å². The summed E-state index contributed by atoms with van der Waals surface area (Å²) in [5.41, 5.74) is 3.02. The van der Waals surface area contributed by atoms with Crippen molar-refractivity contribution in [2.45, 2.75) is 96.1 Å². The third kappa shape index (κ3) is 8.67. The highest BCUT2D eigenvalue weighted by Crippen LogP contribution is 2.47. The lowest BCUT2D eigenvalue weighted by atomic mass is 9.63. The van der Waals surface area contributed by atoms with E-state index in [1.807, 2.05) is 44.4 Å². The van der Waals surface area contributed by atoms with Crippen LogP contribution in [-0.2, 0) is 27.8 Å². The molecule has 11 heteroatoms. The second-order valence-electron chi connectivity index (χ2n) is 16.6. The predicted octanol–water partition coefficient (Wildman–Crippen LogP) is 6.93. The van der Waals surface area contributed by atoms with Crippen LogP contribution < -0.4 is 14.4 Å². The van der Waals surface area contributed by atoms with Gasteiger partial charge in [-0.25, -0.2) is 13.1 Å². The molecule has 52 heavy (non-hydrogen) atoms. The summed E-state index contributed by atoms with van der Waals surface area (Å²) in [5, 5.41) is -0.0571. The fourth-order valence-corrected chi connectivity index (χ4v) is 10.0. The number of carbonyl (C=O) groups excluding carboxylic acids is 1. The molecule has 2 aromatic carbocycles. The molecule has 1 N–H and O–H groups in total. The fraction of sp³-hybridized carbons (Fsp3) is 0.634. The molecular weight excluding hydrogens is 696 g/mol. The number of ether oxygens (including phenoxy) is 2. The van der Waals surface area contributed by atoms with E-state index in [2.05, 4.69) is 52.3 Å². The number of halogens is 1. The van der Waals surface area contributed by atoms with E-state index in [-0.39, 0.29) is 17.4 Å². The molecule has 3 aliphatic heterocycles. The number of benzene rings is 2. The fourth-order valence-electron chi connectivity index (χ4n) is 8.56. The molecule has 6 rings (SSSR count). The molecule has 0 unspecified atom stereocenters. The predicted molar refractivity (Wildman–Crippen MR) is 210 cm³/mol. The van der Waals surface area contributed by atoms with E-state index in [9.17, 15) is 13.2 Å². The van der Waals surface area contributed by atoms with Gasteiger partial charge in [0.2, 0.25) is 10.0 Å². The quantitative estimate of drug-likeness (QED) is 0.338. The summed E-state index contributed by atoms with van der Waals surface area (Å²) in [6, 6.07) is 11.3. The Morgan fingerprint density at radius 1 is 1.00 bits per heavy atom. The molecule has 1 saturated carbocycles. The van der Waals surface area contributed by atoms with Crippen molar-refractivity contribution >= 4 is 33.2 Å². The van der Waals surface area contributed by atoms with Crippen molar-refractivity contribution in [2.24, 2.45) is 17.8 Å². The summed E-state index contributed by atoms with van der Waals surface area (Å²) in [4.78, 5) is 21.1. The first-order valence-corrected chi connectivity index (χ1v) is 21.2. The Morgan fingerprint density at radius 3 is 2.46 bits per heavy atom. The van der Waals surface area contributed by atoms with Crippen molar-refractivity contribution in [3.8, 4) is 5.75 Å². The third-order valence-electron chi connectivity index (χ3n) is 12.3. The zero-order valence-corrected chi connectivity index (χ0v) is 33.6. The first-order chi connectivity index (χ1) is 24.7. The molecule has 0 spiro atoms. The van der Waals surface area contributed by atoms with E-state index in [1.54, 1.807) is 13.0 Å². The summed E-state index contributed by atoms with van der Waals surface area (Å²) in [5.74, 6) is 0.474. The molecule has 1 saturated heterocycles. The molecule has 0 aromatic heterocycles. The molecule has 1 aliphatic carbocycles. The number of allylic oxidation sites excluding steroid dienone is 1. The molecule has 1 amide bonds. The number of amides is 1. The number of hydrogen-bond acceptors (Lipinski definition) is 8. The van der Waals surface area contributed by atoms with Gasteiger partial charge < -0.3 is 14.4 Å². The molecule has 2 fully saturated rings. The van der Waals surface area contributed by atoms with Crippen LogP contribution in [0.1, 0.15) is 88.2 Å². The van der Waals surface area contributed by atoms with Gasteiger partial charge in [-0.3, -0.25) is 14.6 Å². The van der Waals surface area contributed by atoms with Crippen molar-refractivity contribution in [3.63, 3.8) is 0 Å². The van der Waals surface area contributed by atoms with E-state index in [0.29, 0.717) is 30.3 Å². The Hall–Kier alpha value is -2.63. The minimum absolute atomic E-state index is 0.136. The van der Waals surface area contributed by atoms with Crippen LogP contribution in [0.3, 0.4) is 0 Å². The number of carbonyl (C=O) groups is 1. The summed E-state index contributed by atoms with van der Waals surface area (Å²) < 4.78 is 42.8. The average molecular weight is 755 g/mol. The van der Waals surface area contributed by atoms with Crippen molar-refractivity contribution in [1.82, 2.24) is 14.5 Å². The number of methoxy groups -OCH3 is 1. The van der Waals surface area contributed by atoms with Gasteiger partial charge in [-0.05, 0) is 125 Å². The number of fused-ring (bicyclic) bond motifs is 3. The first-order valence-electron chi connectivity index (χ1n) is 19.2. The Labute approximate surface area is 317 Å². The van der Waals surface area contributed by atoms with Crippen LogP contribution >= 0.6 is 11.6 Å². The molecular formula is C41H59ClN4O5S. The Morgan fingerprint density at radius 2 is 1.77 bits per heavy atom. The van der Waals surface area contributed by atoms with Crippen LogP contribution in [0, 0.1) is 17.8 Å². The number of nitrogens with one attached hydrogen (secondary N) is 1. The number of hydrogen-bond donors (Lipinski definition) is 1. The SMILES string of the molecule is CO[C@]1(CN2CCN(C(C)(C)C)CC2)/C=C/C[C@H](C)[C@@H](C)S(=O)(=O)NC(=O)c2ccc3c(c2)N(CCCCc2cc(Cl)ccc2CO3)C[C@@H]2CC[C@H]21. The second-order valence-corrected chi connectivity index (χ2v) is 19.1. The number of aryl methyl sites for hydroxylation is 1. The van der Waals surface area contributed by atoms with Crippen molar-refractivity contribution < 1.29 is 22.7 Å². The van der Waals surface area contributed by atoms with E-state index < -0.39 is 26.8 Å². The lowest BCUT2D eigenvalue weighted by Crippen LogP contribution is -2.60. The van der Waals surface area contributed by atoms with Crippen LogP contribution in [0.25, 0.3) is 0 Å². The summed E-state index contributed by atoms with van der Waals surface area (Å²) in [6.45, 7) is 17.2. The van der Waals surface area contributed by atoms with Crippen molar-refractivity contribution in [2.75, 3.05) is 57.8 Å². The van der Waals surface area contributed by atoms with E-state index in [0.717, 1.165) is 94.2 Å². The Balaban J connectivity index is 1.37. The maximum absolute atomic E-state index is 13.6. The first kappa shape index (κ1) is 39.1. The molecule has 2 aromatic rings. The number of nitrogens with zero attached hydrogens (tertiary/aromatic N) is 3. The molecule has 0 radical (unpaired) electrons. The van der Waals surface area contributed by atoms with Gasteiger partial charge in [-0.2, -0.15) is 0 Å². The number of rotatable bonds is 3. The number of sulfonamides is 1. The van der Waals surface area contributed by atoms with Gasteiger partial charge in [-0.15, -0.1) is 0 Å². The van der Waals surface area contributed by atoms with E-state index >= 15 is 0 Å². The largest absolute Gasteiger partial charge is 0.487 e. The van der Waals surface area contributed by atoms with Crippen LogP contribution in [0.5, 0.6) is 5.75 Å². The summed E-state index contributed by atoms with van der Waals surface area (Å²) in [7, 11) is -2.10. The summed E-state index contributed by atoms with van der Waals surface area (Å²) >= 11 is 6.40. The molecule has 4 aliphatic rings. The van der Waals surface area contributed by atoms with Crippen molar-refractivity contribution in [3.05, 3.63) is 70.3 Å². The van der Waals surface area contributed by atoms with Gasteiger partial charge in [0, 0.05) is 69.0 Å². The minimum atomic E-state index is -3.95. The maximum atomic E-state index is 13.6. The van der Waals surface area contributed by atoms with Crippen LogP contribution in [-0.4, -0.2) is 93.4 Å². The molecule has 286 valence electrons. The van der Waals surface area contributed by atoms with Crippen LogP contribution in [0.4, 0.5) is 5.69 Å². The molecule has 9 nitrogen and oxygen atoms in total. The lowest BCUT2D eigenvalue weighted by Gasteiger charge is -2.52. The van der Waals surface area contributed by atoms with Gasteiger partial charge >= 0.3 is 0 Å². The zero-order valence-electron chi connectivity index (χ0n) is 32.0. The molecule has 2 bridgehead atoms. The zero-order chi connectivity index (χ0) is 37.3. The second kappa shape index (κ2) is 16.0. The summed E-state index contributed by atoms with van der Waals surface area (Å²) in [6.07, 6.45) is 9.92. The maximum Gasteiger partial charge on any atom is 0.264 e. The lowest BCUT2D eigenvalue weighted by molar-refractivity contribution is -0.0974. The molecule has 5 atom stereocenters. The number of anilines is 1. The smallest absolute Gasteiger partial charge is 0.264 e. The third-order valence-corrected chi connectivity index (χ3v) is 14.5. The van der Waals surface area contributed by atoms with E-state index in [4.69, 9.17) is 21.1 Å². The molecule has 3 heterocycles. The monoisotopic (exact) mass is 754 g/mol. The topological polar surface area (TPSA) is 91.4 Å². The van der Waals surface area contributed by atoms with Crippen LogP contribution in [0.15, 0.2) is 48.6 Å². The highest BCUT2D eigenvalue weighted by molar-refractivity contribution is 7.90. The van der Waals surface area contributed by atoms with Gasteiger partial charge in [0.25, 0.3) is 5.91 Å². The normalized spacial score (nSPS) is 30.1. The minimum Gasteiger partial charge on any atom is -0.487 e. The van der Waals surface area contributed by atoms with Gasteiger partial charge in [-0.1, -0.05) is 36.7 Å². The van der Waals surface area contributed by atoms with Gasteiger partial charge in [0.1, 0.15) is 18.0 Å². The Kier molecular flexibility index (Phi) is 12.0. The Bertz CT molecular complexity index is 1720. The van der Waals surface area contributed by atoms with Gasteiger partial charge in [0.15, 0.2) is 0 Å². The average Bonchev–Trinajstić information content (AvgIpc) is 3.12. The van der Waals surface area contributed by atoms with E-state index in [1.165, 1.54) is 5.56 Å². The highest BCUT2D eigenvalue weighted by atomic mass is 35.5. The standard InChI is InChI=1S/C41H59ClN4O5S/c1-29-10-9-18-41(50-6,28-44-20-22-46(23-21-44)40(3,4)5)36-16-13-33(36)26-45-19-8-7-11-31-24-35(42)15-12-34(31)27-51-38-17-14-32(25-37(38)45)39(47)43-52(48,49)30(29)2/h9,12,14-15,17-18,24-25,29-30,33,36H,7-8,10-11,13,16,19-23,26-28H2,1-6H3,(H,43,47)/b18-9+/t29-,30+,33-,36+,41-/m0/s1. The van der Waals surface area contributed by atoms with Crippen LogP contribution in [0.2, 0.25) is 5.02 Å². The number of piperazine rings is 1. The highest BCUT2D eigenvalue weighted by Gasteiger charge is 2.48. The van der Waals surface area contributed by atoms with Crippen molar-refractivity contribution in [1.29, 1.82) is 0 Å².